The van der Waals surface area contributed by atoms with Gasteiger partial charge in [0.25, 0.3) is 5.91 Å². The Balaban J connectivity index is 1.65. The first kappa shape index (κ1) is 11.4. The van der Waals surface area contributed by atoms with E-state index >= 15 is 0 Å². The van der Waals surface area contributed by atoms with Crippen LogP contribution in [-0.4, -0.2) is 29.2 Å². The molecule has 2 N–H and O–H groups in total. The highest BCUT2D eigenvalue weighted by molar-refractivity contribution is 5.91. The Morgan fingerprint density at radius 2 is 2.17 bits per heavy atom. The number of carbonyl (C=O) groups excluding carboxylic acids is 1. The van der Waals surface area contributed by atoms with Crippen molar-refractivity contribution in [3.8, 4) is 0 Å². The second kappa shape index (κ2) is 4.55. The predicted octanol–water partition coefficient (Wildman–Crippen LogP) is 1.44. The van der Waals surface area contributed by atoms with Gasteiger partial charge in [0.1, 0.15) is 5.82 Å². The van der Waals surface area contributed by atoms with Gasteiger partial charge in [-0.05, 0) is 43.2 Å². The van der Waals surface area contributed by atoms with Gasteiger partial charge in [0.2, 0.25) is 0 Å². The van der Waals surface area contributed by atoms with Crippen LogP contribution in [0.2, 0.25) is 0 Å². The number of aromatic nitrogens is 2. The Kier molecular flexibility index (Phi) is 2.89. The summed E-state index contributed by atoms with van der Waals surface area (Å²) < 4.78 is 0. The summed E-state index contributed by atoms with van der Waals surface area (Å²) in [6.07, 6.45) is 5.35. The summed E-state index contributed by atoms with van der Waals surface area (Å²) in [4.78, 5) is 11.3. The topological polar surface area (TPSA) is 66.9 Å². The maximum atomic E-state index is 11.3. The molecule has 2 fully saturated rings. The number of carbonyl (C=O) groups is 1. The van der Waals surface area contributed by atoms with E-state index in [0.717, 1.165) is 17.7 Å². The van der Waals surface area contributed by atoms with Crippen LogP contribution in [0.4, 0.5) is 5.82 Å². The first-order chi connectivity index (χ1) is 8.76. The highest BCUT2D eigenvalue weighted by Crippen LogP contribution is 2.45. The molecule has 0 aromatic carbocycles. The second-order valence-electron chi connectivity index (χ2n) is 5.31. The van der Waals surface area contributed by atoms with Crippen molar-refractivity contribution in [2.24, 2.45) is 11.8 Å². The number of nitrogens with zero attached hydrogens (tertiary/aromatic N) is 2. The molecule has 0 saturated heterocycles. The van der Waals surface area contributed by atoms with Crippen LogP contribution in [0.5, 0.6) is 0 Å². The summed E-state index contributed by atoms with van der Waals surface area (Å²) >= 11 is 0. The number of amides is 1. The fourth-order valence-electron chi connectivity index (χ4n) is 3.27. The van der Waals surface area contributed by atoms with Gasteiger partial charge in [-0.2, -0.15) is 0 Å². The van der Waals surface area contributed by atoms with E-state index in [1.54, 1.807) is 13.1 Å². The van der Waals surface area contributed by atoms with Crippen LogP contribution < -0.4 is 10.6 Å². The molecule has 3 atom stereocenters. The monoisotopic (exact) mass is 246 g/mol. The van der Waals surface area contributed by atoms with Crippen LogP contribution >= 0.6 is 0 Å². The maximum Gasteiger partial charge on any atom is 0.271 e. The van der Waals surface area contributed by atoms with Crippen LogP contribution in [0.15, 0.2) is 12.1 Å². The first-order valence-electron chi connectivity index (χ1n) is 6.58. The number of fused-ring (bicyclic) bond motifs is 2. The SMILES string of the molecule is CNC(=O)c1ccc(NC2CC3CCC2C3)nn1. The smallest absolute Gasteiger partial charge is 0.271 e. The van der Waals surface area contributed by atoms with Crippen molar-refractivity contribution in [2.75, 3.05) is 12.4 Å². The van der Waals surface area contributed by atoms with Gasteiger partial charge in [0.05, 0.1) is 0 Å². The molecule has 18 heavy (non-hydrogen) atoms. The second-order valence-corrected chi connectivity index (χ2v) is 5.31. The molecule has 2 bridgehead atoms. The van der Waals surface area contributed by atoms with E-state index < -0.39 is 0 Å². The zero-order valence-corrected chi connectivity index (χ0v) is 10.5. The largest absolute Gasteiger partial charge is 0.366 e. The zero-order chi connectivity index (χ0) is 12.5. The number of rotatable bonds is 3. The van der Waals surface area contributed by atoms with Gasteiger partial charge in [-0.1, -0.05) is 6.42 Å². The van der Waals surface area contributed by atoms with E-state index in [1.807, 2.05) is 6.07 Å². The molecule has 0 radical (unpaired) electrons. The standard InChI is InChI=1S/C13H18N4O/c1-14-13(18)10-4-5-12(17-16-10)15-11-7-8-2-3-9(11)6-8/h4-5,8-9,11H,2-3,6-7H2,1H3,(H,14,18)(H,15,17). The molecule has 5 nitrogen and oxygen atoms in total. The molecule has 1 aromatic rings. The Hall–Kier alpha value is -1.65. The third-order valence-electron chi connectivity index (χ3n) is 4.20. The molecule has 96 valence electrons. The fraction of sp³-hybridized carbons (Fsp3) is 0.615. The van der Waals surface area contributed by atoms with Gasteiger partial charge in [0, 0.05) is 13.1 Å². The number of anilines is 1. The summed E-state index contributed by atoms with van der Waals surface area (Å²) in [7, 11) is 1.59. The van der Waals surface area contributed by atoms with Crippen molar-refractivity contribution in [2.45, 2.75) is 31.7 Å². The average molecular weight is 246 g/mol. The van der Waals surface area contributed by atoms with Crippen molar-refractivity contribution in [1.29, 1.82) is 0 Å². The quantitative estimate of drug-likeness (QED) is 0.847. The molecular formula is C13H18N4O. The van der Waals surface area contributed by atoms with Crippen LogP contribution in [0.3, 0.4) is 0 Å². The predicted molar refractivity (Wildman–Crippen MR) is 68.3 cm³/mol. The fourth-order valence-corrected chi connectivity index (χ4v) is 3.27. The number of nitrogens with one attached hydrogen (secondary N) is 2. The average Bonchev–Trinajstić information content (AvgIpc) is 3.01. The molecule has 2 aliphatic carbocycles. The van der Waals surface area contributed by atoms with Crippen LogP contribution in [-0.2, 0) is 0 Å². The van der Waals surface area contributed by atoms with E-state index in [1.165, 1.54) is 25.7 Å². The molecule has 3 rings (SSSR count). The summed E-state index contributed by atoms with van der Waals surface area (Å²) in [5.74, 6) is 2.29. The molecule has 1 amide bonds. The van der Waals surface area contributed by atoms with Crippen molar-refractivity contribution in [3.63, 3.8) is 0 Å². The minimum Gasteiger partial charge on any atom is -0.366 e. The number of hydrogen-bond donors (Lipinski definition) is 2. The first-order valence-corrected chi connectivity index (χ1v) is 6.58. The maximum absolute atomic E-state index is 11.3. The van der Waals surface area contributed by atoms with Gasteiger partial charge in [-0.25, -0.2) is 0 Å². The molecule has 1 heterocycles. The lowest BCUT2D eigenvalue weighted by atomic mass is 9.95. The van der Waals surface area contributed by atoms with Crippen LogP contribution in [0.25, 0.3) is 0 Å². The Morgan fingerprint density at radius 3 is 2.72 bits per heavy atom. The lowest BCUT2D eigenvalue weighted by Crippen LogP contribution is -2.27. The van der Waals surface area contributed by atoms with Crippen molar-refractivity contribution in [3.05, 3.63) is 17.8 Å². The van der Waals surface area contributed by atoms with E-state index in [0.29, 0.717) is 11.7 Å². The van der Waals surface area contributed by atoms with Gasteiger partial charge in [0.15, 0.2) is 5.69 Å². The van der Waals surface area contributed by atoms with E-state index in [4.69, 9.17) is 0 Å². The molecule has 3 unspecified atom stereocenters. The lowest BCUT2D eigenvalue weighted by molar-refractivity contribution is 0.0957. The minimum atomic E-state index is -0.200. The van der Waals surface area contributed by atoms with Crippen LogP contribution in [0, 0.1) is 11.8 Å². The van der Waals surface area contributed by atoms with Crippen molar-refractivity contribution in [1.82, 2.24) is 15.5 Å². The summed E-state index contributed by atoms with van der Waals surface area (Å²) in [5, 5.41) is 14.0. The molecular weight excluding hydrogens is 228 g/mol. The summed E-state index contributed by atoms with van der Waals surface area (Å²) in [6.45, 7) is 0. The molecule has 1 aromatic heterocycles. The Labute approximate surface area is 106 Å². The van der Waals surface area contributed by atoms with E-state index in [-0.39, 0.29) is 5.91 Å². The summed E-state index contributed by atoms with van der Waals surface area (Å²) in [5.41, 5.74) is 0.357. The van der Waals surface area contributed by atoms with Gasteiger partial charge in [-0.15, -0.1) is 10.2 Å². The normalized spacial score (nSPS) is 29.3. The van der Waals surface area contributed by atoms with Gasteiger partial charge in [-0.3, -0.25) is 4.79 Å². The number of hydrogen-bond acceptors (Lipinski definition) is 4. The third-order valence-corrected chi connectivity index (χ3v) is 4.20. The van der Waals surface area contributed by atoms with E-state index in [9.17, 15) is 4.79 Å². The summed E-state index contributed by atoms with van der Waals surface area (Å²) in [6, 6.07) is 4.09. The van der Waals surface area contributed by atoms with E-state index in [2.05, 4.69) is 20.8 Å². The molecule has 2 aliphatic rings. The van der Waals surface area contributed by atoms with Crippen LogP contribution in [0.1, 0.15) is 36.2 Å². The molecule has 0 spiro atoms. The Bertz CT molecular complexity index is 445. The minimum absolute atomic E-state index is 0.200. The highest BCUT2D eigenvalue weighted by atomic mass is 16.1. The molecule has 5 heteroatoms. The lowest BCUT2D eigenvalue weighted by Gasteiger charge is -2.23. The van der Waals surface area contributed by atoms with Gasteiger partial charge < -0.3 is 10.6 Å². The zero-order valence-electron chi connectivity index (χ0n) is 10.5. The highest BCUT2D eigenvalue weighted by Gasteiger charge is 2.39. The Morgan fingerprint density at radius 1 is 1.28 bits per heavy atom. The molecule has 2 saturated carbocycles. The van der Waals surface area contributed by atoms with Gasteiger partial charge >= 0.3 is 0 Å². The molecule has 0 aliphatic heterocycles. The van der Waals surface area contributed by atoms with Crippen molar-refractivity contribution >= 4 is 11.7 Å². The third kappa shape index (κ3) is 2.05. The van der Waals surface area contributed by atoms with Crippen molar-refractivity contribution < 1.29 is 4.79 Å².